The minimum Gasteiger partial charge on any atom is -0.370 e. The Labute approximate surface area is 481 Å². The Hall–Kier alpha value is -6.15. The zero-order valence-corrected chi connectivity index (χ0v) is 50.7. The van der Waals surface area contributed by atoms with Gasteiger partial charge in [0.05, 0.1) is 6.54 Å². The van der Waals surface area contributed by atoms with Crippen molar-refractivity contribution in [2.75, 3.05) is 26.2 Å². The molecule has 0 unspecified atom stereocenters. The molecule has 0 aromatic rings. The maximum atomic E-state index is 14.5. The SMILES string of the molecule is CC[C@H](C)[C@H](NC(=O)[C@H](CCCN=C(N)N)NC(=O)[C@H](CCCCN)NC(=O)[C@H](CC(C)C)NC(=O)[C@H](CC(C)C)NC(=O)CN)C(=O)N[C@@H](CCCCN)C(=O)N[C@H](C(=O)N[C@@H](CC(C)C)C(=O)N[C@@H](CC(C)C)C(N)=O)C(C)C. The number of hydrogen-bond acceptors (Lipinski definition) is 14. The molecule has 0 bridgehead atoms. The van der Waals surface area contributed by atoms with E-state index in [1.54, 1.807) is 27.7 Å². The number of unbranched alkanes of at least 4 members (excludes halogenated alkanes) is 2. The number of rotatable bonds is 42. The topological polar surface area (TPSA) is 447 Å². The lowest BCUT2D eigenvalue weighted by molar-refractivity contribution is -0.137. The van der Waals surface area contributed by atoms with Crippen LogP contribution in [0.4, 0.5) is 0 Å². The number of hydrogen-bond donors (Lipinski definition) is 15. The molecule has 0 aliphatic carbocycles. The van der Waals surface area contributed by atoms with Crippen molar-refractivity contribution in [2.24, 2.45) is 74.9 Å². The first-order valence-corrected chi connectivity index (χ1v) is 29.1. The van der Waals surface area contributed by atoms with E-state index < -0.39 is 125 Å². The van der Waals surface area contributed by atoms with E-state index in [9.17, 15) is 47.9 Å². The minimum atomic E-state index is -1.32. The maximum absolute atomic E-state index is 14.5. The number of primary amides is 1. The van der Waals surface area contributed by atoms with Gasteiger partial charge in [0.15, 0.2) is 5.96 Å². The van der Waals surface area contributed by atoms with Crippen LogP contribution in [0.3, 0.4) is 0 Å². The lowest BCUT2D eigenvalue weighted by atomic mass is 9.96. The summed E-state index contributed by atoms with van der Waals surface area (Å²) in [5.41, 5.74) is 33.9. The highest BCUT2D eigenvalue weighted by molar-refractivity contribution is 5.98. The number of carbonyl (C=O) groups is 10. The van der Waals surface area contributed by atoms with Crippen molar-refractivity contribution in [1.82, 2.24) is 47.9 Å². The van der Waals surface area contributed by atoms with Gasteiger partial charge in [-0.05, 0) is 126 Å². The molecule has 0 fully saturated rings. The number of amides is 10. The van der Waals surface area contributed by atoms with Gasteiger partial charge in [0.25, 0.3) is 0 Å². The molecule has 0 rings (SSSR count). The summed E-state index contributed by atoms with van der Waals surface area (Å²) in [5.74, 6) is -8.19. The molecule has 10 atom stereocenters. The van der Waals surface area contributed by atoms with Gasteiger partial charge in [-0.3, -0.25) is 52.9 Å². The van der Waals surface area contributed by atoms with Crippen LogP contribution in [0.1, 0.15) is 167 Å². The zero-order chi connectivity index (χ0) is 62.1. The second kappa shape index (κ2) is 40.1. The monoisotopic (exact) mass is 1150 g/mol. The van der Waals surface area contributed by atoms with Crippen LogP contribution in [0.25, 0.3) is 0 Å². The van der Waals surface area contributed by atoms with Crippen molar-refractivity contribution in [2.45, 2.75) is 221 Å². The first kappa shape index (κ1) is 74.8. The van der Waals surface area contributed by atoms with E-state index >= 15 is 0 Å². The second-order valence-corrected chi connectivity index (χ2v) is 23.2. The number of nitrogens with zero attached hydrogens (tertiary/aromatic N) is 1. The summed E-state index contributed by atoms with van der Waals surface area (Å²) in [6, 6.07) is -10.4. The average Bonchev–Trinajstić information content (AvgIpc) is 3.37. The number of carbonyl (C=O) groups excluding carboxylic acids is 10. The summed E-state index contributed by atoms with van der Waals surface area (Å²) in [4.78, 5) is 142. The van der Waals surface area contributed by atoms with Crippen molar-refractivity contribution in [3.63, 3.8) is 0 Å². The smallest absolute Gasteiger partial charge is 0.243 e. The number of nitrogens with one attached hydrogen (secondary N) is 9. The highest BCUT2D eigenvalue weighted by Gasteiger charge is 2.37. The first-order valence-electron chi connectivity index (χ1n) is 29.1. The molecule has 0 saturated carbocycles. The van der Waals surface area contributed by atoms with E-state index in [2.05, 4.69) is 52.8 Å². The highest BCUT2D eigenvalue weighted by Crippen LogP contribution is 2.16. The van der Waals surface area contributed by atoms with Crippen molar-refractivity contribution in [1.29, 1.82) is 0 Å². The van der Waals surface area contributed by atoms with Crippen molar-refractivity contribution in [3.05, 3.63) is 0 Å². The van der Waals surface area contributed by atoms with E-state index in [1.165, 1.54) is 0 Å². The third kappa shape index (κ3) is 31.0. The van der Waals surface area contributed by atoms with Gasteiger partial charge in [-0.15, -0.1) is 0 Å². The van der Waals surface area contributed by atoms with Gasteiger partial charge >= 0.3 is 0 Å². The van der Waals surface area contributed by atoms with E-state index in [4.69, 9.17) is 34.4 Å². The first-order chi connectivity index (χ1) is 37.9. The molecule has 0 aliphatic heterocycles. The molecule has 0 aromatic heterocycles. The second-order valence-electron chi connectivity index (χ2n) is 23.2. The Kier molecular flexibility index (Phi) is 37.1. The summed E-state index contributed by atoms with van der Waals surface area (Å²) in [5, 5.41) is 24.7. The fourth-order valence-corrected chi connectivity index (χ4v) is 8.73. The van der Waals surface area contributed by atoms with Gasteiger partial charge in [0.2, 0.25) is 59.1 Å². The fraction of sp³-hybridized carbons (Fsp3) is 0.800. The summed E-state index contributed by atoms with van der Waals surface area (Å²) in [6.07, 6.45) is 3.41. The van der Waals surface area contributed by atoms with E-state index in [-0.39, 0.29) is 107 Å². The Morgan fingerprint density at radius 1 is 0.383 bits per heavy atom. The standard InChI is InChI=1S/C55H106N16O10/c1-13-35(12)45(54(81)66-37(20-15-17-23-57)48(75)70-44(34(10)11)53(80)69-42(28-33(8)9)52(79)67-39(46(59)73)25-30(2)3)71-49(76)38(21-18-24-62-55(60)61)64-47(74)36(19-14-16-22-56)65-51(78)41(27-32(6)7)68-50(77)40(26-31(4)5)63-43(72)29-58/h30-42,44-45H,13-29,56-58H2,1-12H3,(H2,59,73)(H,63,72)(H,64,74)(H,65,78)(H,66,81)(H,67,79)(H,68,77)(H,69,80)(H,70,75)(H,71,76)(H4,60,61,62)/t35-,36-,37-,38-,39-,40-,41-,42-,44-,45-/m0/s1. The van der Waals surface area contributed by atoms with Gasteiger partial charge in [0.1, 0.15) is 54.4 Å². The van der Waals surface area contributed by atoms with Crippen LogP contribution in [-0.2, 0) is 47.9 Å². The van der Waals surface area contributed by atoms with Gasteiger partial charge in [-0.25, -0.2) is 0 Å². The molecule has 81 heavy (non-hydrogen) atoms. The minimum absolute atomic E-state index is 0.00954. The summed E-state index contributed by atoms with van der Waals surface area (Å²) in [6.45, 7) is 22.2. The van der Waals surface area contributed by atoms with Crippen LogP contribution in [0.2, 0.25) is 0 Å². The summed E-state index contributed by atoms with van der Waals surface area (Å²) in [7, 11) is 0. The lowest BCUT2D eigenvalue weighted by Gasteiger charge is -2.30. The maximum Gasteiger partial charge on any atom is 0.243 e. The molecule has 0 aliphatic rings. The lowest BCUT2D eigenvalue weighted by Crippen LogP contribution is -2.62. The summed E-state index contributed by atoms with van der Waals surface area (Å²) < 4.78 is 0. The number of nitrogens with two attached hydrogens (primary N) is 6. The number of aliphatic imine (C=N–C) groups is 1. The molecule has 466 valence electrons. The van der Waals surface area contributed by atoms with Crippen LogP contribution in [0, 0.1) is 35.5 Å². The molecule has 0 radical (unpaired) electrons. The largest absolute Gasteiger partial charge is 0.370 e. The molecular formula is C55H106N16O10. The van der Waals surface area contributed by atoms with E-state index in [1.807, 2.05) is 55.4 Å². The molecule has 0 heterocycles. The molecule has 0 saturated heterocycles. The molecule has 26 heteroatoms. The Bertz CT molecular complexity index is 2020. The van der Waals surface area contributed by atoms with Crippen LogP contribution >= 0.6 is 0 Å². The molecule has 10 amide bonds. The van der Waals surface area contributed by atoms with Crippen molar-refractivity contribution >= 4 is 65.0 Å². The van der Waals surface area contributed by atoms with Crippen LogP contribution in [0.5, 0.6) is 0 Å². The molecule has 0 spiro atoms. The van der Waals surface area contributed by atoms with Gasteiger partial charge < -0.3 is 82.3 Å². The third-order valence-corrected chi connectivity index (χ3v) is 13.4. The van der Waals surface area contributed by atoms with Crippen molar-refractivity contribution in [3.8, 4) is 0 Å². The predicted octanol–water partition coefficient (Wildman–Crippen LogP) is -1.01. The fourth-order valence-electron chi connectivity index (χ4n) is 8.73. The van der Waals surface area contributed by atoms with Crippen molar-refractivity contribution < 1.29 is 47.9 Å². The van der Waals surface area contributed by atoms with E-state index in [0.717, 1.165) is 0 Å². The Morgan fingerprint density at radius 2 is 0.704 bits per heavy atom. The number of guanidine groups is 1. The zero-order valence-electron chi connectivity index (χ0n) is 50.7. The third-order valence-electron chi connectivity index (χ3n) is 13.4. The van der Waals surface area contributed by atoms with Gasteiger partial charge in [0, 0.05) is 6.54 Å². The highest BCUT2D eigenvalue weighted by atomic mass is 16.2. The molecular weight excluding hydrogens is 1040 g/mol. The normalized spacial score (nSPS) is 15.2. The molecule has 0 aromatic carbocycles. The van der Waals surface area contributed by atoms with Gasteiger partial charge in [-0.2, -0.15) is 0 Å². The Balaban J connectivity index is 7.03. The molecule has 26 nitrogen and oxygen atoms in total. The van der Waals surface area contributed by atoms with Gasteiger partial charge in [-0.1, -0.05) is 89.5 Å². The molecule has 21 N–H and O–H groups in total. The van der Waals surface area contributed by atoms with E-state index in [0.29, 0.717) is 32.1 Å². The van der Waals surface area contributed by atoms with Crippen LogP contribution in [0.15, 0.2) is 4.99 Å². The quantitative estimate of drug-likeness (QED) is 0.0198. The average molecular weight is 1150 g/mol. The summed E-state index contributed by atoms with van der Waals surface area (Å²) >= 11 is 0. The van der Waals surface area contributed by atoms with Crippen LogP contribution in [-0.4, -0.2) is 146 Å². The Morgan fingerprint density at radius 3 is 1.07 bits per heavy atom. The predicted molar refractivity (Wildman–Crippen MR) is 313 cm³/mol. The van der Waals surface area contributed by atoms with Crippen LogP contribution < -0.4 is 82.3 Å².